The molecule has 1 aliphatic rings. The first-order chi connectivity index (χ1) is 10.8. The minimum atomic E-state index is 0.346. The van der Waals surface area contributed by atoms with Gasteiger partial charge in [-0.1, -0.05) is 36.6 Å². The molecule has 2 aromatic rings. The lowest BCUT2D eigenvalue weighted by molar-refractivity contribution is 0.418. The highest BCUT2D eigenvalue weighted by Crippen LogP contribution is 2.33. The Morgan fingerprint density at radius 3 is 2.59 bits per heavy atom. The van der Waals surface area contributed by atoms with E-state index in [1.54, 1.807) is 0 Å². The molecular formula is C18H25N3O. The molecule has 4 heteroatoms. The van der Waals surface area contributed by atoms with Gasteiger partial charge in [0.2, 0.25) is 0 Å². The van der Waals surface area contributed by atoms with Crippen LogP contribution in [0.25, 0.3) is 11.5 Å². The van der Waals surface area contributed by atoms with E-state index in [2.05, 4.69) is 46.6 Å². The van der Waals surface area contributed by atoms with Crippen molar-refractivity contribution >= 4 is 0 Å². The first-order valence-electron chi connectivity index (χ1n) is 8.36. The second kappa shape index (κ2) is 7.05. The van der Waals surface area contributed by atoms with E-state index in [-0.39, 0.29) is 0 Å². The van der Waals surface area contributed by atoms with Crippen LogP contribution >= 0.6 is 0 Å². The van der Waals surface area contributed by atoms with Crippen LogP contribution in [0.3, 0.4) is 0 Å². The van der Waals surface area contributed by atoms with E-state index in [0.717, 1.165) is 23.7 Å². The molecule has 0 bridgehead atoms. The maximum absolute atomic E-state index is 5.39. The number of hydrogen-bond acceptors (Lipinski definition) is 4. The lowest BCUT2D eigenvalue weighted by Gasteiger charge is -2.21. The number of aromatic nitrogens is 2. The molecule has 1 aromatic heterocycles. The zero-order valence-electron chi connectivity index (χ0n) is 13.5. The van der Waals surface area contributed by atoms with Crippen molar-refractivity contribution in [3.8, 4) is 11.5 Å². The standard InChI is InChI=1S/C18H25N3O/c1-13(19-2)12-17-20-18(22-21-17)16-10-8-15(9-11-16)14-6-4-3-5-7-14/h8-11,13-14,19H,3-7,12H2,1-2H3. The quantitative estimate of drug-likeness (QED) is 0.908. The van der Waals surface area contributed by atoms with Gasteiger partial charge in [-0.25, -0.2) is 0 Å². The van der Waals surface area contributed by atoms with Crippen molar-refractivity contribution in [3.05, 3.63) is 35.7 Å². The molecule has 0 aliphatic heterocycles. The molecule has 118 valence electrons. The first-order valence-corrected chi connectivity index (χ1v) is 8.36. The molecule has 1 unspecified atom stereocenters. The summed E-state index contributed by atoms with van der Waals surface area (Å²) in [7, 11) is 1.94. The Labute approximate surface area is 132 Å². The van der Waals surface area contributed by atoms with Crippen LogP contribution in [0.15, 0.2) is 28.8 Å². The average molecular weight is 299 g/mol. The van der Waals surface area contributed by atoms with Gasteiger partial charge >= 0.3 is 0 Å². The number of rotatable bonds is 5. The van der Waals surface area contributed by atoms with Crippen LogP contribution in [0.5, 0.6) is 0 Å². The fraction of sp³-hybridized carbons (Fsp3) is 0.556. The van der Waals surface area contributed by atoms with E-state index in [4.69, 9.17) is 4.52 Å². The van der Waals surface area contributed by atoms with Gasteiger partial charge in [-0.2, -0.15) is 4.98 Å². The molecule has 0 saturated heterocycles. The van der Waals surface area contributed by atoms with Gasteiger partial charge in [-0.05, 0) is 50.4 Å². The summed E-state index contributed by atoms with van der Waals surface area (Å²) < 4.78 is 5.39. The molecule has 1 atom stereocenters. The maximum Gasteiger partial charge on any atom is 0.257 e. The normalized spacial score (nSPS) is 17.5. The topological polar surface area (TPSA) is 51.0 Å². The maximum atomic E-state index is 5.39. The van der Waals surface area contributed by atoms with E-state index in [0.29, 0.717) is 11.9 Å². The Bertz CT molecular complexity index is 585. The van der Waals surface area contributed by atoms with Gasteiger partial charge in [0.15, 0.2) is 5.82 Å². The highest BCUT2D eigenvalue weighted by atomic mass is 16.5. The summed E-state index contributed by atoms with van der Waals surface area (Å²) in [5.41, 5.74) is 2.46. The molecule has 1 aromatic carbocycles. The SMILES string of the molecule is CNC(C)Cc1noc(-c2ccc(C3CCCCC3)cc2)n1. The number of nitrogens with zero attached hydrogens (tertiary/aromatic N) is 2. The molecule has 1 saturated carbocycles. The highest BCUT2D eigenvalue weighted by molar-refractivity contribution is 5.53. The van der Waals surface area contributed by atoms with Crippen molar-refractivity contribution in [1.82, 2.24) is 15.5 Å². The van der Waals surface area contributed by atoms with Crippen LogP contribution < -0.4 is 5.32 Å². The summed E-state index contributed by atoms with van der Waals surface area (Å²) in [6.45, 7) is 2.11. The van der Waals surface area contributed by atoms with Gasteiger partial charge in [0.05, 0.1) is 0 Å². The molecule has 0 spiro atoms. The summed E-state index contributed by atoms with van der Waals surface area (Å²) in [5.74, 6) is 2.11. The van der Waals surface area contributed by atoms with E-state index >= 15 is 0 Å². The summed E-state index contributed by atoms with van der Waals surface area (Å²) in [6, 6.07) is 9.03. The van der Waals surface area contributed by atoms with E-state index in [1.807, 2.05) is 7.05 Å². The third-order valence-electron chi connectivity index (χ3n) is 4.68. The van der Waals surface area contributed by atoms with Crippen molar-refractivity contribution in [2.24, 2.45) is 0 Å². The fourth-order valence-electron chi connectivity index (χ4n) is 3.16. The van der Waals surface area contributed by atoms with Gasteiger partial charge in [0.1, 0.15) is 0 Å². The van der Waals surface area contributed by atoms with E-state index in [9.17, 15) is 0 Å². The lowest BCUT2D eigenvalue weighted by Crippen LogP contribution is -2.24. The van der Waals surface area contributed by atoms with Crippen LogP contribution in [0.2, 0.25) is 0 Å². The Morgan fingerprint density at radius 2 is 1.91 bits per heavy atom. The molecule has 1 heterocycles. The first kappa shape index (κ1) is 15.2. The smallest absolute Gasteiger partial charge is 0.257 e. The largest absolute Gasteiger partial charge is 0.334 e. The number of hydrogen-bond donors (Lipinski definition) is 1. The average Bonchev–Trinajstić information content (AvgIpc) is 3.04. The van der Waals surface area contributed by atoms with Crippen molar-refractivity contribution in [2.45, 2.75) is 57.4 Å². The number of nitrogens with one attached hydrogen (secondary N) is 1. The molecule has 22 heavy (non-hydrogen) atoms. The predicted octanol–water partition coefficient (Wildman–Crippen LogP) is 3.93. The second-order valence-electron chi connectivity index (χ2n) is 6.37. The lowest BCUT2D eigenvalue weighted by atomic mass is 9.84. The fourth-order valence-corrected chi connectivity index (χ4v) is 3.16. The molecule has 1 aliphatic carbocycles. The van der Waals surface area contributed by atoms with Crippen molar-refractivity contribution < 1.29 is 4.52 Å². The zero-order chi connectivity index (χ0) is 15.4. The molecule has 0 amide bonds. The number of benzene rings is 1. The van der Waals surface area contributed by atoms with Crippen LogP contribution in [0.4, 0.5) is 0 Å². The van der Waals surface area contributed by atoms with Gasteiger partial charge < -0.3 is 9.84 Å². The van der Waals surface area contributed by atoms with Crippen molar-refractivity contribution in [1.29, 1.82) is 0 Å². The molecular weight excluding hydrogens is 274 g/mol. The van der Waals surface area contributed by atoms with Gasteiger partial charge in [-0.15, -0.1) is 0 Å². The number of likely N-dealkylation sites (N-methyl/N-ethyl adjacent to an activating group) is 1. The Kier molecular flexibility index (Phi) is 4.88. The summed E-state index contributed by atoms with van der Waals surface area (Å²) in [4.78, 5) is 4.49. The second-order valence-corrected chi connectivity index (χ2v) is 6.37. The van der Waals surface area contributed by atoms with Crippen LogP contribution in [0.1, 0.15) is 56.3 Å². The highest BCUT2D eigenvalue weighted by Gasteiger charge is 2.16. The summed E-state index contributed by atoms with van der Waals surface area (Å²) in [6.07, 6.45) is 7.55. The molecule has 0 radical (unpaired) electrons. The molecule has 1 fully saturated rings. The van der Waals surface area contributed by atoms with Crippen LogP contribution in [-0.4, -0.2) is 23.2 Å². The van der Waals surface area contributed by atoms with Crippen molar-refractivity contribution in [2.75, 3.05) is 7.05 Å². The Balaban J connectivity index is 1.69. The van der Waals surface area contributed by atoms with Gasteiger partial charge in [-0.3, -0.25) is 0 Å². The monoisotopic (exact) mass is 299 g/mol. The van der Waals surface area contributed by atoms with Crippen molar-refractivity contribution in [3.63, 3.8) is 0 Å². The molecule has 4 nitrogen and oxygen atoms in total. The van der Waals surface area contributed by atoms with Crippen LogP contribution in [0, 0.1) is 0 Å². The van der Waals surface area contributed by atoms with Crippen LogP contribution in [-0.2, 0) is 6.42 Å². The van der Waals surface area contributed by atoms with E-state index in [1.165, 1.54) is 37.7 Å². The minimum absolute atomic E-state index is 0.346. The molecule has 1 N–H and O–H groups in total. The van der Waals surface area contributed by atoms with Gasteiger partial charge in [0, 0.05) is 18.0 Å². The third kappa shape index (κ3) is 3.55. The van der Waals surface area contributed by atoms with Gasteiger partial charge in [0.25, 0.3) is 5.89 Å². The minimum Gasteiger partial charge on any atom is -0.334 e. The third-order valence-corrected chi connectivity index (χ3v) is 4.68. The predicted molar refractivity (Wildman–Crippen MR) is 87.8 cm³/mol. The summed E-state index contributed by atoms with van der Waals surface area (Å²) in [5, 5.41) is 7.25. The zero-order valence-corrected chi connectivity index (χ0v) is 13.5. The Hall–Kier alpha value is -1.68. The molecule has 3 rings (SSSR count). The summed E-state index contributed by atoms with van der Waals surface area (Å²) >= 11 is 0. The van der Waals surface area contributed by atoms with E-state index < -0.39 is 0 Å². The Morgan fingerprint density at radius 1 is 1.18 bits per heavy atom.